The lowest BCUT2D eigenvalue weighted by Crippen LogP contribution is -2.12. The fourth-order valence-corrected chi connectivity index (χ4v) is 2.39. The van der Waals surface area contributed by atoms with Gasteiger partial charge in [-0.05, 0) is 43.5 Å². The second-order valence-corrected chi connectivity index (χ2v) is 5.01. The van der Waals surface area contributed by atoms with Gasteiger partial charge in [-0.3, -0.25) is 9.67 Å². The minimum atomic E-state index is 0.324. The van der Waals surface area contributed by atoms with Gasteiger partial charge in [-0.1, -0.05) is 19.1 Å². The van der Waals surface area contributed by atoms with Crippen LogP contribution in [0.4, 0.5) is 0 Å². The van der Waals surface area contributed by atoms with Gasteiger partial charge in [0.25, 0.3) is 0 Å². The van der Waals surface area contributed by atoms with Gasteiger partial charge in [-0.2, -0.15) is 5.10 Å². The third kappa shape index (κ3) is 2.81. The van der Waals surface area contributed by atoms with Crippen molar-refractivity contribution in [2.24, 2.45) is 5.73 Å². The molecule has 2 aromatic heterocycles. The molecule has 0 radical (unpaired) electrons. The Balaban J connectivity index is 2.31. The van der Waals surface area contributed by atoms with Crippen molar-refractivity contribution in [1.29, 1.82) is 0 Å². The third-order valence-corrected chi connectivity index (χ3v) is 3.50. The highest BCUT2D eigenvalue weighted by Crippen LogP contribution is 2.15. The van der Waals surface area contributed by atoms with E-state index in [1.807, 2.05) is 16.8 Å². The molecule has 0 aliphatic rings. The average Bonchev–Trinajstić information content (AvgIpc) is 2.64. The second-order valence-electron chi connectivity index (χ2n) is 4.57. The topological polar surface area (TPSA) is 56.7 Å². The van der Waals surface area contributed by atoms with Crippen LogP contribution in [0.1, 0.15) is 35.1 Å². The van der Waals surface area contributed by atoms with Gasteiger partial charge < -0.3 is 5.73 Å². The van der Waals surface area contributed by atoms with Gasteiger partial charge in [0, 0.05) is 11.9 Å². The molecule has 100 valence electrons. The Labute approximate surface area is 118 Å². The van der Waals surface area contributed by atoms with Crippen molar-refractivity contribution in [3.05, 3.63) is 46.5 Å². The van der Waals surface area contributed by atoms with E-state index in [1.54, 1.807) is 6.20 Å². The Kier molecular flexibility index (Phi) is 3.95. The maximum atomic E-state index is 5.60. The molecule has 0 amide bonds. The summed E-state index contributed by atoms with van der Waals surface area (Å²) in [5.74, 6) is 0. The van der Waals surface area contributed by atoms with Crippen LogP contribution < -0.4 is 5.73 Å². The normalized spacial score (nSPS) is 10.7. The molecule has 4 nitrogen and oxygen atoms in total. The molecule has 0 bridgehead atoms. The number of hydrogen-bond acceptors (Lipinski definition) is 3. The van der Waals surface area contributed by atoms with Crippen LogP contribution in [0.5, 0.6) is 0 Å². The smallest absolute Gasteiger partial charge is 0.122 e. The van der Waals surface area contributed by atoms with E-state index < -0.39 is 0 Å². The number of thiocarbonyl (C=S) groups is 1. The van der Waals surface area contributed by atoms with Gasteiger partial charge in [-0.25, -0.2) is 0 Å². The molecule has 0 saturated heterocycles. The summed E-state index contributed by atoms with van der Waals surface area (Å²) in [7, 11) is 0. The van der Waals surface area contributed by atoms with E-state index in [1.165, 1.54) is 11.3 Å². The lowest BCUT2D eigenvalue weighted by molar-refractivity contribution is 0.657. The standard InChI is InChI=1S/C14H18N4S/c1-4-12-9(2)17-18(10(12)3)8-11-5-6-16-13(7-11)14(15)19/h5-7H,4,8H2,1-3H3,(H2,15,19). The summed E-state index contributed by atoms with van der Waals surface area (Å²) in [5.41, 5.74) is 11.0. The summed E-state index contributed by atoms with van der Waals surface area (Å²) in [5, 5.41) is 4.58. The van der Waals surface area contributed by atoms with Crippen LogP contribution in [0.25, 0.3) is 0 Å². The lowest BCUT2D eigenvalue weighted by atomic mass is 10.1. The van der Waals surface area contributed by atoms with E-state index >= 15 is 0 Å². The minimum Gasteiger partial charge on any atom is -0.388 e. The number of rotatable bonds is 4. The summed E-state index contributed by atoms with van der Waals surface area (Å²) >= 11 is 4.95. The van der Waals surface area contributed by atoms with E-state index in [9.17, 15) is 0 Å². The zero-order valence-electron chi connectivity index (χ0n) is 11.5. The average molecular weight is 274 g/mol. The largest absolute Gasteiger partial charge is 0.388 e. The summed E-state index contributed by atoms with van der Waals surface area (Å²) in [6.07, 6.45) is 2.74. The van der Waals surface area contributed by atoms with Crippen LogP contribution in [0, 0.1) is 13.8 Å². The first kappa shape index (κ1) is 13.7. The molecule has 0 saturated carbocycles. The molecule has 0 unspecified atom stereocenters. The molecule has 19 heavy (non-hydrogen) atoms. The van der Waals surface area contributed by atoms with Gasteiger partial charge in [0.2, 0.25) is 0 Å². The molecule has 2 aromatic rings. The first-order valence-corrected chi connectivity index (χ1v) is 6.71. The predicted octanol–water partition coefficient (Wildman–Crippen LogP) is 2.14. The maximum absolute atomic E-state index is 5.60. The van der Waals surface area contributed by atoms with Gasteiger partial charge in [0.15, 0.2) is 0 Å². The van der Waals surface area contributed by atoms with E-state index in [0.717, 1.165) is 17.7 Å². The zero-order chi connectivity index (χ0) is 14.0. The number of aromatic nitrogens is 3. The summed E-state index contributed by atoms with van der Waals surface area (Å²) in [6, 6.07) is 3.88. The molecule has 0 aliphatic carbocycles. The molecular weight excluding hydrogens is 256 g/mol. The summed E-state index contributed by atoms with van der Waals surface area (Å²) in [6.45, 7) is 7.02. The van der Waals surface area contributed by atoms with Gasteiger partial charge in [0.1, 0.15) is 4.99 Å². The quantitative estimate of drug-likeness (QED) is 0.868. The molecule has 5 heteroatoms. The van der Waals surface area contributed by atoms with Crippen LogP contribution in [0.3, 0.4) is 0 Å². The second kappa shape index (κ2) is 5.48. The van der Waals surface area contributed by atoms with Crippen LogP contribution >= 0.6 is 12.2 Å². The number of hydrogen-bond donors (Lipinski definition) is 1. The van der Waals surface area contributed by atoms with Crippen molar-refractivity contribution in [3.8, 4) is 0 Å². The first-order chi connectivity index (χ1) is 9.02. The molecule has 2 N–H and O–H groups in total. The highest BCUT2D eigenvalue weighted by molar-refractivity contribution is 7.80. The van der Waals surface area contributed by atoms with Crippen LogP contribution in [-0.4, -0.2) is 19.8 Å². The fraction of sp³-hybridized carbons (Fsp3) is 0.357. The first-order valence-electron chi connectivity index (χ1n) is 6.30. The van der Waals surface area contributed by atoms with Gasteiger partial charge in [0.05, 0.1) is 17.9 Å². The SMILES string of the molecule is CCc1c(C)nn(Cc2ccnc(C(N)=S)c2)c1C. The Bertz CT molecular complexity index is 616. The summed E-state index contributed by atoms with van der Waals surface area (Å²) in [4.78, 5) is 4.47. The number of nitrogens with two attached hydrogens (primary N) is 1. The molecule has 0 spiro atoms. The van der Waals surface area contributed by atoms with E-state index in [2.05, 4.69) is 30.9 Å². The highest BCUT2D eigenvalue weighted by Gasteiger charge is 2.10. The Morgan fingerprint density at radius 1 is 1.42 bits per heavy atom. The van der Waals surface area contributed by atoms with Gasteiger partial charge >= 0.3 is 0 Å². The Hall–Kier alpha value is -1.75. The maximum Gasteiger partial charge on any atom is 0.122 e. The zero-order valence-corrected chi connectivity index (χ0v) is 12.3. The van der Waals surface area contributed by atoms with Crippen molar-refractivity contribution in [3.63, 3.8) is 0 Å². The monoisotopic (exact) mass is 274 g/mol. The number of pyridine rings is 1. The van der Waals surface area contributed by atoms with Crippen molar-refractivity contribution in [2.75, 3.05) is 0 Å². The lowest BCUT2D eigenvalue weighted by Gasteiger charge is -2.06. The van der Waals surface area contributed by atoms with E-state index in [4.69, 9.17) is 18.0 Å². The Morgan fingerprint density at radius 3 is 2.74 bits per heavy atom. The summed E-state index contributed by atoms with van der Waals surface area (Å²) < 4.78 is 2.02. The minimum absolute atomic E-state index is 0.324. The van der Waals surface area contributed by atoms with Crippen molar-refractivity contribution < 1.29 is 0 Å². The van der Waals surface area contributed by atoms with E-state index in [-0.39, 0.29) is 0 Å². The van der Waals surface area contributed by atoms with Crippen molar-refractivity contribution in [1.82, 2.24) is 14.8 Å². The molecular formula is C14H18N4S. The third-order valence-electron chi connectivity index (χ3n) is 3.29. The van der Waals surface area contributed by atoms with Crippen LogP contribution in [0.15, 0.2) is 18.3 Å². The van der Waals surface area contributed by atoms with Crippen molar-refractivity contribution >= 4 is 17.2 Å². The van der Waals surface area contributed by atoms with Crippen molar-refractivity contribution in [2.45, 2.75) is 33.7 Å². The van der Waals surface area contributed by atoms with Crippen LogP contribution in [0.2, 0.25) is 0 Å². The van der Waals surface area contributed by atoms with Crippen LogP contribution in [-0.2, 0) is 13.0 Å². The number of aryl methyl sites for hydroxylation is 1. The molecule has 0 atom stereocenters. The van der Waals surface area contributed by atoms with Gasteiger partial charge in [-0.15, -0.1) is 0 Å². The molecule has 0 aliphatic heterocycles. The molecule has 2 heterocycles. The molecule has 2 rings (SSSR count). The molecule has 0 fully saturated rings. The van der Waals surface area contributed by atoms with E-state index in [0.29, 0.717) is 17.2 Å². The predicted molar refractivity (Wildman–Crippen MR) is 80.3 cm³/mol. The fourth-order valence-electron chi connectivity index (χ4n) is 2.28. The Morgan fingerprint density at radius 2 is 2.16 bits per heavy atom. The highest BCUT2D eigenvalue weighted by atomic mass is 32.1. The number of nitrogens with zero attached hydrogens (tertiary/aromatic N) is 3. The molecule has 0 aromatic carbocycles.